The maximum absolute atomic E-state index is 13.9. The van der Waals surface area contributed by atoms with Crippen molar-refractivity contribution in [1.29, 1.82) is 0 Å². The molecule has 2 fully saturated rings. The lowest BCUT2D eigenvalue weighted by Gasteiger charge is -2.34. The molecule has 2 amide bonds. The van der Waals surface area contributed by atoms with Gasteiger partial charge < -0.3 is 20.4 Å². The number of carbonyl (C=O) groups excluding carboxylic acids is 2. The second-order valence-corrected chi connectivity index (χ2v) is 13.0. The molecule has 0 aliphatic carbocycles. The highest BCUT2D eigenvalue weighted by Gasteiger charge is 2.39. The van der Waals surface area contributed by atoms with Gasteiger partial charge in [0, 0.05) is 43.7 Å². The van der Waals surface area contributed by atoms with Gasteiger partial charge in [0.2, 0.25) is 17.6 Å². The number of piperidine rings is 1. The Morgan fingerprint density at radius 2 is 1.70 bits per heavy atom. The Bertz CT molecular complexity index is 1410. The average Bonchev–Trinajstić information content (AvgIpc) is 3.47. The molecule has 11 nitrogen and oxygen atoms in total. The molecule has 242 valence electrons. The van der Waals surface area contributed by atoms with Crippen LogP contribution in [0.4, 0.5) is 24.8 Å². The standard InChI is InChI=1S/C28H36ClF3N6O5S/c29-21-8-6-20(7-9-21)10-13-33-26(40)22-4-2-14-38(22)24-17-23(35-27(36-24)28(30,31)32)37-15-11-19(12-16-37)3-1-5-25(39)34-18-44(41,42)43/h6-9,17,19,22H,1-5,10-16,18H2,(H,33,40)(H,34,39)(H,41,42,43)/t22-/m0/s1. The van der Waals surface area contributed by atoms with Gasteiger partial charge in [-0.15, -0.1) is 0 Å². The van der Waals surface area contributed by atoms with Gasteiger partial charge in [-0.1, -0.05) is 23.7 Å². The van der Waals surface area contributed by atoms with Crippen molar-refractivity contribution in [3.05, 3.63) is 46.7 Å². The van der Waals surface area contributed by atoms with Crippen LogP contribution in [0.5, 0.6) is 0 Å². The molecule has 1 aromatic heterocycles. The number of anilines is 2. The van der Waals surface area contributed by atoms with E-state index in [0.29, 0.717) is 76.1 Å². The summed E-state index contributed by atoms with van der Waals surface area (Å²) in [7, 11) is -4.28. The van der Waals surface area contributed by atoms with Crippen LogP contribution in [0.3, 0.4) is 0 Å². The van der Waals surface area contributed by atoms with Crippen molar-refractivity contribution in [3.8, 4) is 0 Å². The zero-order chi connectivity index (χ0) is 31.9. The molecule has 16 heteroatoms. The van der Waals surface area contributed by atoms with Crippen molar-refractivity contribution in [3.63, 3.8) is 0 Å². The van der Waals surface area contributed by atoms with E-state index in [-0.39, 0.29) is 29.9 Å². The van der Waals surface area contributed by atoms with Gasteiger partial charge in [-0.2, -0.15) is 21.6 Å². The number of nitrogens with one attached hydrogen (secondary N) is 2. The van der Waals surface area contributed by atoms with Gasteiger partial charge in [0.15, 0.2) is 0 Å². The molecular formula is C28H36ClF3N6O5S. The predicted molar refractivity (Wildman–Crippen MR) is 159 cm³/mol. The third-order valence-corrected chi connectivity index (χ3v) is 8.60. The van der Waals surface area contributed by atoms with E-state index in [4.69, 9.17) is 16.2 Å². The van der Waals surface area contributed by atoms with Crippen molar-refractivity contribution >= 4 is 45.2 Å². The summed E-state index contributed by atoms with van der Waals surface area (Å²) in [5.74, 6) is -2.38. The van der Waals surface area contributed by atoms with Gasteiger partial charge in [0.05, 0.1) is 0 Å². The number of hydrogen-bond donors (Lipinski definition) is 3. The topological polar surface area (TPSA) is 145 Å². The van der Waals surface area contributed by atoms with E-state index in [9.17, 15) is 31.2 Å². The largest absolute Gasteiger partial charge is 0.451 e. The fraction of sp³-hybridized carbons (Fsp3) is 0.571. The number of alkyl halides is 3. The normalized spacial score (nSPS) is 18.0. The number of hydrogen-bond acceptors (Lipinski definition) is 8. The van der Waals surface area contributed by atoms with Gasteiger partial charge in [0.25, 0.3) is 10.1 Å². The number of carbonyl (C=O) groups is 2. The maximum atomic E-state index is 13.9. The molecule has 3 N–H and O–H groups in total. The monoisotopic (exact) mass is 660 g/mol. The predicted octanol–water partition coefficient (Wildman–Crippen LogP) is 3.82. The number of benzene rings is 1. The highest BCUT2D eigenvalue weighted by molar-refractivity contribution is 7.85. The quantitative estimate of drug-likeness (QED) is 0.289. The van der Waals surface area contributed by atoms with Gasteiger partial charge in [-0.05, 0) is 68.6 Å². The molecule has 2 aromatic rings. The van der Waals surface area contributed by atoms with Crippen molar-refractivity contribution in [2.24, 2.45) is 5.92 Å². The third kappa shape index (κ3) is 9.92. The third-order valence-electron chi connectivity index (χ3n) is 7.84. The molecule has 3 heterocycles. The minimum Gasteiger partial charge on any atom is -0.356 e. The highest BCUT2D eigenvalue weighted by Crippen LogP contribution is 2.34. The fourth-order valence-electron chi connectivity index (χ4n) is 5.53. The number of nitrogens with zero attached hydrogens (tertiary/aromatic N) is 4. The fourth-order valence-corrected chi connectivity index (χ4v) is 6.00. The van der Waals surface area contributed by atoms with Crippen LogP contribution < -0.4 is 20.4 Å². The zero-order valence-corrected chi connectivity index (χ0v) is 25.6. The second kappa shape index (κ2) is 14.7. The zero-order valence-electron chi connectivity index (χ0n) is 24.0. The van der Waals surface area contributed by atoms with Crippen LogP contribution in [0.25, 0.3) is 0 Å². The Balaban J connectivity index is 1.35. The highest BCUT2D eigenvalue weighted by atomic mass is 35.5. The lowest BCUT2D eigenvalue weighted by molar-refractivity contribution is -0.144. The summed E-state index contributed by atoms with van der Waals surface area (Å²) < 4.78 is 71.8. The van der Waals surface area contributed by atoms with Crippen LogP contribution >= 0.6 is 11.6 Å². The first kappa shape index (κ1) is 33.7. The summed E-state index contributed by atoms with van der Waals surface area (Å²) in [6.07, 6.45) is -0.398. The molecule has 1 atom stereocenters. The van der Waals surface area contributed by atoms with E-state index in [1.807, 2.05) is 12.1 Å². The second-order valence-electron chi connectivity index (χ2n) is 11.1. The van der Waals surface area contributed by atoms with E-state index >= 15 is 0 Å². The summed E-state index contributed by atoms with van der Waals surface area (Å²) in [5.41, 5.74) is 0.998. The first-order chi connectivity index (χ1) is 20.8. The van der Waals surface area contributed by atoms with Gasteiger partial charge in [-0.3, -0.25) is 14.1 Å². The Kier molecular flexibility index (Phi) is 11.3. The Morgan fingerprint density at radius 1 is 1.02 bits per heavy atom. The maximum Gasteiger partial charge on any atom is 0.451 e. The van der Waals surface area contributed by atoms with Crippen molar-refractivity contribution in [2.75, 3.05) is 41.9 Å². The molecule has 44 heavy (non-hydrogen) atoms. The average molecular weight is 661 g/mol. The number of rotatable bonds is 12. The van der Waals surface area contributed by atoms with Crippen molar-refractivity contribution < 1.29 is 35.7 Å². The van der Waals surface area contributed by atoms with Crippen molar-refractivity contribution in [2.45, 2.75) is 63.6 Å². The molecule has 2 aliphatic heterocycles. The SMILES string of the molecule is O=C(CCCC1CCN(c2cc(N3CCC[C@H]3C(=O)NCCc3ccc(Cl)cc3)nc(C(F)(F)F)n2)CC1)NCS(=O)(=O)O. The van der Waals surface area contributed by atoms with E-state index in [0.717, 1.165) is 5.56 Å². The summed E-state index contributed by atoms with van der Waals surface area (Å²) in [6.45, 7) is 1.69. The van der Waals surface area contributed by atoms with E-state index in [1.54, 1.807) is 21.9 Å². The smallest absolute Gasteiger partial charge is 0.356 e. The van der Waals surface area contributed by atoms with Crippen LogP contribution in [0.1, 0.15) is 56.3 Å². The minimum absolute atomic E-state index is 0.0655. The molecule has 1 aromatic carbocycles. The number of halogens is 4. The molecule has 2 saturated heterocycles. The van der Waals surface area contributed by atoms with Crippen molar-refractivity contribution in [1.82, 2.24) is 20.6 Å². The van der Waals surface area contributed by atoms with Crippen LogP contribution in [0.2, 0.25) is 5.02 Å². The molecule has 0 bridgehead atoms. The molecular weight excluding hydrogens is 625 g/mol. The van der Waals surface area contributed by atoms with Gasteiger partial charge in [-0.25, -0.2) is 9.97 Å². The lowest BCUT2D eigenvalue weighted by atomic mass is 9.91. The van der Waals surface area contributed by atoms with Crippen LogP contribution in [0, 0.1) is 5.92 Å². The van der Waals surface area contributed by atoms with Gasteiger partial charge >= 0.3 is 6.18 Å². The minimum atomic E-state index is -4.77. The Hall–Kier alpha value is -3.17. The van der Waals surface area contributed by atoms with Crippen LogP contribution in [0.15, 0.2) is 30.3 Å². The van der Waals surface area contributed by atoms with Crippen LogP contribution in [-0.2, 0) is 32.3 Å². The van der Waals surface area contributed by atoms with E-state index in [2.05, 4.69) is 20.6 Å². The summed E-state index contributed by atoms with van der Waals surface area (Å²) >= 11 is 5.92. The summed E-state index contributed by atoms with van der Waals surface area (Å²) in [6, 6.07) is 8.15. The Labute approximate surface area is 259 Å². The number of amides is 2. The van der Waals surface area contributed by atoms with Crippen LogP contribution in [-0.4, -0.2) is 72.9 Å². The molecule has 0 unspecified atom stereocenters. The molecule has 2 aliphatic rings. The number of aromatic nitrogens is 2. The van der Waals surface area contributed by atoms with Gasteiger partial charge in [0.1, 0.15) is 23.6 Å². The lowest BCUT2D eigenvalue weighted by Crippen LogP contribution is -2.44. The van der Waals surface area contributed by atoms with E-state index in [1.165, 1.54) is 6.07 Å². The molecule has 0 saturated carbocycles. The molecule has 0 radical (unpaired) electrons. The summed E-state index contributed by atoms with van der Waals surface area (Å²) in [4.78, 5) is 35.9. The first-order valence-corrected chi connectivity index (χ1v) is 16.5. The molecule has 0 spiro atoms. The molecule has 4 rings (SSSR count). The first-order valence-electron chi connectivity index (χ1n) is 14.5. The Morgan fingerprint density at radius 3 is 2.36 bits per heavy atom. The van der Waals surface area contributed by atoms with E-state index < -0.39 is 39.9 Å². The summed E-state index contributed by atoms with van der Waals surface area (Å²) in [5, 5.41) is 5.65.